The average molecular weight is 336 g/mol. The molecule has 3 rings (SSSR count). The fourth-order valence-electron chi connectivity index (χ4n) is 2.43. The molecule has 1 amide bonds. The highest BCUT2D eigenvalue weighted by Crippen LogP contribution is 2.39. The molecule has 1 aliphatic rings. The predicted octanol–water partition coefficient (Wildman–Crippen LogP) is 4.29. The summed E-state index contributed by atoms with van der Waals surface area (Å²) in [6.45, 7) is 0.807. The Balaban J connectivity index is 1.71. The van der Waals surface area contributed by atoms with Crippen LogP contribution in [0.15, 0.2) is 46.7 Å². The maximum Gasteiger partial charge on any atom is 0.233 e. The number of carbonyl (C=O) groups excluding carboxylic acids is 1. The van der Waals surface area contributed by atoms with Gasteiger partial charge in [-0.15, -0.1) is 34.9 Å². The Labute approximate surface area is 137 Å². The number of hydrogen-bond donors (Lipinski definition) is 0. The molecule has 2 heterocycles. The monoisotopic (exact) mass is 335 g/mol. The number of nitrogens with zero attached hydrogens (tertiary/aromatic N) is 1. The Morgan fingerprint density at radius 3 is 2.76 bits per heavy atom. The van der Waals surface area contributed by atoms with Gasteiger partial charge < -0.3 is 4.90 Å². The highest BCUT2D eigenvalue weighted by atomic mass is 32.2. The second-order valence-corrected chi connectivity index (χ2v) is 7.83. The lowest BCUT2D eigenvalue weighted by atomic mass is 10.2. The van der Waals surface area contributed by atoms with E-state index in [0.29, 0.717) is 5.75 Å². The van der Waals surface area contributed by atoms with E-state index in [4.69, 9.17) is 0 Å². The van der Waals surface area contributed by atoms with Crippen molar-refractivity contribution in [2.75, 3.05) is 18.6 Å². The van der Waals surface area contributed by atoms with Crippen LogP contribution in [0.2, 0.25) is 0 Å². The molecule has 1 saturated heterocycles. The van der Waals surface area contributed by atoms with Gasteiger partial charge in [-0.25, -0.2) is 0 Å². The predicted molar refractivity (Wildman–Crippen MR) is 93.2 cm³/mol. The van der Waals surface area contributed by atoms with Gasteiger partial charge in [0, 0.05) is 16.3 Å². The molecule has 1 atom stereocenters. The molecule has 0 aliphatic carbocycles. The topological polar surface area (TPSA) is 20.3 Å². The lowest BCUT2D eigenvalue weighted by molar-refractivity contribution is -0.128. The Hall–Kier alpha value is -0.910. The van der Waals surface area contributed by atoms with Crippen molar-refractivity contribution in [1.29, 1.82) is 0 Å². The minimum atomic E-state index is 0.174. The first-order chi connectivity index (χ1) is 10.3. The van der Waals surface area contributed by atoms with Crippen LogP contribution < -0.4 is 0 Å². The van der Waals surface area contributed by atoms with Gasteiger partial charge >= 0.3 is 0 Å². The number of amides is 1. The molecule has 110 valence electrons. The highest BCUT2D eigenvalue weighted by molar-refractivity contribution is 8.00. The molecule has 0 bridgehead atoms. The minimum Gasteiger partial charge on any atom is -0.325 e. The second-order valence-electron chi connectivity index (χ2n) is 4.85. The highest BCUT2D eigenvalue weighted by Gasteiger charge is 2.32. The van der Waals surface area contributed by atoms with Crippen LogP contribution >= 0.6 is 34.9 Å². The largest absolute Gasteiger partial charge is 0.325 e. The van der Waals surface area contributed by atoms with E-state index < -0.39 is 0 Å². The van der Waals surface area contributed by atoms with E-state index in [0.717, 1.165) is 13.0 Å². The van der Waals surface area contributed by atoms with Gasteiger partial charge in [-0.2, -0.15) is 0 Å². The second kappa shape index (κ2) is 6.90. The van der Waals surface area contributed by atoms with Crippen LogP contribution in [0.4, 0.5) is 0 Å². The van der Waals surface area contributed by atoms with E-state index in [-0.39, 0.29) is 11.3 Å². The third kappa shape index (κ3) is 3.47. The van der Waals surface area contributed by atoms with Gasteiger partial charge in [0.2, 0.25) is 5.91 Å². The van der Waals surface area contributed by atoms with Crippen molar-refractivity contribution in [2.45, 2.75) is 16.7 Å². The van der Waals surface area contributed by atoms with Crippen molar-refractivity contribution < 1.29 is 4.79 Å². The fourth-order valence-corrected chi connectivity index (χ4v) is 4.75. The van der Waals surface area contributed by atoms with Gasteiger partial charge in [0.1, 0.15) is 5.37 Å². The van der Waals surface area contributed by atoms with Crippen molar-refractivity contribution in [1.82, 2.24) is 4.90 Å². The normalized spacial score (nSPS) is 18.4. The molecular weight excluding hydrogens is 318 g/mol. The Bertz CT molecular complexity index is 594. The lowest BCUT2D eigenvalue weighted by Gasteiger charge is -2.24. The molecule has 21 heavy (non-hydrogen) atoms. The number of thiophene rings is 1. The van der Waals surface area contributed by atoms with Crippen LogP contribution in [-0.4, -0.2) is 29.4 Å². The molecule has 1 unspecified atom stereocenters. The summed E-state index contributed by atoms with van der Waals surface area (Å²) >= 11 is 5.24. The summed E-state index contributed by atoms with van der Waals surface area (Å²) in [6.07, 6.45) is 3.03. The van der Waals surface area contributed by atoms with Gasteiger partial charge in [0.15, 0.2) is 0 Å². The Morgan fingerprint density at radius 1 is 1.29 bits per heavy atom. The third-order valence-electron chi connectivity index (χ3n) is 3.55. The number of carbonyl (C=O) groups is 1. The van der Waals surface area contributed by atoms with Crippen molar-refractivity contribution in [2.24, 2.45) is 0 Å². The number of hydrogen-bond acceptors (Lipinski definition) is 4. The van der Waals surface area contributed by atoms with Crippen molar-refractivity contribution in [3.63, 3.8) is 0 Å². The Kier molecular flexibility index (Phi) is 4.93. The van der Waals surface area contributed by atoms with Gasteiger partial charge in [-0.3, -0.25) is 4.79 Å². The summed E-state index contributed by atoms with van der Waals surface area (Å²) < 4.78 is 0. The van der Waals surface area contributed by atoms with Gasteiger partial charge in [0.25, 0.3) is 0 Å². The van der Waals surface area contributed by atoms with Gasteiger partial charge in [-0.1, -0.05) is 18.2 Å². The number of benzene rings is 1. The molecule has 0 radical (unpaired) electrons. The Morgan fingerprint density at radius 2 is 2.10 bits per heavy atom. The first kappa shape index (κ1) is 15.0. The van der Waals surface area contributed by atoms with E-state index in [1.54, 1.807) is 34.9 Å². The molecule has 0 saturated carbocycles. The summed E-state index contributed by atoms with van der Waals surface area (Å²) in [5.74, 6) is 0.856. The summed E-state index contributed by atoms with van der Waals surface area (Å²) in [5, 5.41) is 2.27. The maximum absolute atomic E-state index is 12.1. The van der Waals surface area contributed by atoms with Crippen molar-refractivity contribution in [3.8, 4) is 0 Å². The maximum atomic E-state index is 12.1. The van der Waals surface area contributed by atoms with Crippen LogP contribution in [0, 0.1) is 0 Å². The molecule has 0 spiro atoms. The van der Waals surface area contributed by atoms with Crippen LogP contribution in [0.25, 0.3) is 0 Å². The molecular formula is C16H17NOS3. The SMILES string of the molecule is CSc1ccc(C2SCC(=O)N2CCc2cccs2)cc1. The molecule has 2 aromatic rings. The zero-order chi connectivity index (χ0) is 14.7. The number of thioether (sulfide) groups is 2. The van der Waals surface area contributed by atoms with Crippen LogP contribution in [-0.2, 0) is 11.2 Å². The van der Waals surface area contributed by atoms with Crippen LogP contribution in [0.3, 0.4) is 0 Å². The molecule has 1 aromatic carbocycles. The first-order valence-electron chi connectivity index (χ1n) is 6.85. The summed E-state index contributed by atoms with van der Waals surface area (Å²) in [4.78, 5) is 16.8. The fraction of sp³-hybridized carbons (Fsp3) is 0.312. The van der Waals surface area contributed by atoms with Gasteiger partial charge in [-0.05, 0) is 41.8 Å². The first-order valence-corrected chi connectivity index (χ1v) is 10.0. The molecule has 2 nitrogen and oxygen atoms in total. The summed E-state index contributed by atoms with van der Waals surface area (Å²) in [5.41, 5.74) is 1.23. The van der Waals surface area contributed by atoms with E-state index in [9.17, 15) is 4.79 Å². The third-order valence-corrected chi connectivity index (χ3v) is 6.48. The van der Waals surface area contributed by atoms with Crippen molar-refractivity contribution in [3.05, 3.63) is 52.2 Å². The smallest absolute Gasteiger partial charge is 0.233 e. The van der Waals surface area contributed by atoms with Crippen molar-refractivity contribution >= 4 is 40.8 Å². The number of rotatable bonds is 5. The molecule has 1 aromatic heterocycles. The lowest BCUT2D eigenvalue weighted by Crippen LogP contribution is -2.30. The van der Waals surface area contributed by atoms with Gasteiger partial charge in [0.05, 0.1) is 5.75 Å². The van der Waals surface area contributed by atoms with E-state index in [1.807, 2.05) is 4.90 Å². The molecule has 1 fully saturated rings. The van der Waals surface area contributed by atoms with Crippen LogP contribution in [0.5, 0.6) is 0 Å². The molecule has 1 aliphatic heterocycles. The van der Waals surface area contributed by atoms with E-state index in [1.165, 1.54) is 15.3 Å². The quantitative estimate of drug-likeness (QED) is 0.760. The zero-order valence-electron chi connectivity index (χ0n) is 11.8. The summed E-state index contributed by atoms with van der Waals surface area (Å²) in [6, 6.07) is 12.8. The average Bonchev–Trinajstić information content (AvgIpc) is 3.15. The standard InChI is InChI=1S/C16H17NOS3/c1-19-13-6-4-12(5-7-13)16-17(15(18)11-21-16)9-8-14-3-2-10-20-14/h2-7,10,16H,8-9,11H2,1H3. The summed E-state index contributed by atoms with van der Waals surface area (Å²) in [7, 11) is 0. The zero-order valence-corrected chi connectivity index (χ0v) is 14.3. The minimum absolute atomic E-state index is 0.174. The van der Waals surface area contributed by atoms with E-state index >= 15 is 0 Å². The van der Waals surface area contributed by atoms with E-state index in [2.05, 4.69) is 48.0 Å². The molecule has 0 N–H and O–H groups in total. The van der Waals surface area contributed by atoms with Crippen LogP contribution in [0.1, 0.15) is 15.8 Å². The molecule has 5 heteroatoms.